The molecule has 0 unspecified atom stereocenters. The van der Waals surface area contributed by atoms with Gasteiger partial charge in [-0.3, -0.25) is 4.99 Å². The van der Waals surface area contributed by atoms with Gasteiger partial charge in [0.25, 0.3) is 0 Å². The summed E-state index contributed by atoms with van der Waals surface area (Å²) in [4.78, 5) is 4.09. The van der Waals surface area contributed by atoms with Crippen LogP contribution in [0.2, 0.25) is 0 Å². The Morgan fingerprint density at radius 3 is 2.40 bits per heavy atom. The zero-order chi connectivity index (χ0) is 15.2. The Hall–Kier alpha value is -0.470. The van der Waals surface area contributed by atoms with Gasteiger partial charge < -0.3 is 10.6 Å². The third-order valence-corrected chi connectivity index (χ3v) is 5.55. The second-order valence-electron chi connectivity index (χ2n) is 5.70. The molecule has 0 aromatic heterocycles. The Morgan fingerprint density at radius 2 is 1.90 bits per heavy atom. The number of sulfonamides is 1. The van der Waals surface area contributed by atoms with Crippen LogP contribution in [0.5, 0.6) is 0 Å². The standard InChI is InChI=1S/C12H26N4O2S2/c1-12(2,3)15-11(13-4)14-5-10-20(17,18)16-6-8-19-9-7-16/h5-10H2,1-4H3,(H2,13,14,15). The van der Waals surface area contributed by atoms with Crippen LogP contribution in [0.3, 0.4) is 0 Å². The van der Waals surface area contributed by atoms with Crippen LogP contribution >= 0.6 is 11.8 Å². The topological polar surface area (TPSA) is 73.8 Å². The van der Waals surface area contributed by atoms with E-state index in [1.54, 1.807) is 23.1 Å². The molecule has 6 nitrogen and oxygen atoms in total. The fourth-order valence-corrected chi connectivity index (χ4v) is 4.28. The minimum atomic E-state index is -3.16. The fourth-order valence-electron chi connectivity index (χ4n) is 1.79. The van der Waals surface area contributed by atoms with E-state index < -0.39 is 10.0 Å². The van der Waals surface area contributed by atoms with Gasteiger partial charge in [0.2, 0.25) is 10.0 Å². The summed E-state index contributed by atoms with van der Waals surface area (Å²) in [7, 11) is -1.48. The quantitative estimate of drug-likeness (QED) is 0.576. The predicted octanol–water partition coefficient (Wildman–Crippen LogP) is 0.329. The molecule has 0 radical (unpaired) electrons. The summed E-state index contributed by atoms with van der Waals surface area (Å²) in [5.74, 6) is 2.50. The van der Waals surface area contributed by atoms with Crippen molar-refractivity contribution < 1.29 is 8.42 Å². The first-order valence-electron chi connectivity index (χ1n) is 6.79. The lowest BCUT2D eigenvalue weighted by Crippen LogP contribution is -2.49. The molecule has 20 heavy (non-hydrogen) atoms. The van der Waals surface area contributed by atoms with Crippen LogP contribution < -0.4 is 10.6 Å². The first-order chi connectivity index (χ1) is 9.24. The summed E-state index contributed by atoms with van der Waals surface area (Å²) in [6, 6.07) is 0. The van der Waals surface area contributed by atoms with Crippen molar-refractivity contribution in [3.05, 3.63) is 0 Å². The Kier molecular flexibility index (Phi) is 6.60. The number of hydrogen-bond acceptors (Lipinski definition) is 4. The highest BCUT2D eigenvalue weighted by Gasteiger charge is 2.23. The van der Waals surface area contributed by atoms with Gasteiger partial charge in [-0.25, -0.2) is 12.7 Å². The monoisotopic (exact) mass is 322 g/mol. The molecule has 0 aliphatic carbocycles. The van der Waals surface area contributed by atoms with Gasteiger partial charge in [-0.2, -0.15) is 11.8 Å². The van der Waals surface area contributed by atoms with Crippen LogP contribution in [-0.4, -0.2) is 68.2 Å². The van der Waals surface area contributed by atoms with Crippen molar-refractivity contribution in [2.24, 2.45) is 4.99 Å². The molecule has 8 heteroatoms. The van der Waals surface area contributed by atoms with Crippen molar-refractivity contribution in [1.82, 2.24) is 14.9 Å². The van der Waals surface area contributed by atoms with E-state index >= 15 is 0 Å². The first-order valence-corrected chi connectivity index (χ1v) is 9.55. The highest BCUT2D eigenvalue weighted by atomic mass is 32.2. The molecule has 0 aromatic carbocycles. The Morgan fingerprint density at radius 1 is 1.30 bits per heavy atom. The maximum Gasteiger partial charge on any atom is 0.215 e. The molecule has 1 rings (SSSR count). The second-order valence-corrected chi connectivity index (χ2v) is 9.01. The van der Waals surface area contributed by atoms with Crippen LogP contribution in [0.25, 0.3) is 0 Å². The summed E-state index contributed by atoms with van der Waals surface area (Å²) < 4.78 is 25.9. The van der Waals surface area contributed by atoms with Crippen molar-refractivity contribution in [3.8, 4) is 0 Å². The molecule has 118 valence electrons. The van der Waals surface area contributed by atoms with Crippen LogP contribution in [0.4, 0.5) is 0 Å². The third kappa shape index (κ3) is 6.32. The average Bonchev–Trinajstić information content (AvgIpc) is 2.37. The molecule has 0 aromatic rings. The number of thioether (sulfide) groups is 1. The highest BCUT2D eigenvalue weighted by Crippen LogP contribution is 2.12. The molecule has 1 fully saturated rings. The van der Waals surface area contributed by atoms with Crippen LogP contribution in [-0.2, 0) is 10.0 Å². The van der Waals surface area contributed by atoms with E-state index in [1.165, 1.54) is 0 Å². The molecular weight excluding hydrogens is 296 g/mol. The third-order valence-electron chi connectivity index (χ3n) is 2.73. The zero-order valence-electron chi connectivity index (χ0n) is 12.8. The van der Waals surface area contributed by atoms with Crippen molar-refractivity contribution in [2.75, 3.05) is 43.9 Å². The normalized spacial score (nSPS) is 18.9. The van der Waals surface area contributed by atoms with Gasteiger partial charge in [0, 0.05) is 43.7 Å². The number of hydrogen-bond donors (Lipinski definition) is 2. The number of guanidine groups is 1. The maximum absolute atomic E-state index is 12.2. The Balaban J connectivity index is 2.42. The van der Waals surface area contributed by atoms with Gasteiger partial charge in [-0.15, -0.1) is 0 Å². The van der Waals surface area contributed by atoms with Crippen molar-refractivity contribution >= 4 is 27.7 Å². The molecule has 0 saturated carbocycles. The molecule has 1 aliphatic heterocycles. The number of rotatable bonds is 4. The number of nitrogens with zero attached hydrogens (tertiary/aromatic N) is 2. The van der Waals surface area contributed by atoms with Crippen LogP contribution in [0, 0.1) is 0 Å². The summed E-state index contributed by atoms with van der Waals surface area (Å²) in [6.45, 7) is 7.71. The fraction of sp³-hybridized carbons (Fsp3) is 0.917. The average molecular weight is 322 g/mol. The lowest BCUT2D eigenvalue weighted by molar-refractivity contribution is 0.443. The molecule has 0 amide bonds. The van der Waals surface area contributed by atoms with E-state index in [9.17, 15) is 8.42 Å². The zero-order valence-corrected chi connectivity index (χ0v) is 14.4. The predicted molar refractivity (Wildman–Crippen MR) is 86.9 cm³/mol. The van der Waals surface area contributed by atoms with E-state index in [0.717, 1.165) is 11.5 Å². The molecule has 1 aliphatic rings. The SMILES string of the molecule is CN=C(NCCS(=O)(=O)N1CCSCC1)NC(C)(C)C. The highest BCUT2D eigenvalue weighted by molar-refractivity contribution is 7.99. The maximum atomic E-state index is 12.2. The molecule has 1 saturated heterocycles. The minimum absolute atomic E-state index is 0.0997. The summed E-state index contributed by atoms with van der Waals surface area (Å²) in [6.07, 6.45) is 0. The lowest BCUT2D eigenvalue weighted by Gasteiger charge is -2.26. The molecule has 0 bridgehead atoms. The molecule has 0 spiro atoms. The van der Waals surface area contributed by atoms with E-state index in [-0.39, 0.29) is 11.3 Å². The van der Waals surface area contributed by atoms with E-state index in [2.05, 4.69) is 15.6 Å². The van der Waals surface area contributed by atoms with Gasteiger partial charge in [0.1, 0.15) is 0 Å². The first kappa shape index (κ1) is 17.6. The summed E-state index contributed by atoms with van der Waals surface area (Å²) in [5.41, 5.74) is -0.106. The van der Waals surface area contributed by atoms with Crippen LogP contribution in [0.15, 0.2) is 4.99 Å². The van der Waals surface area contributed by atoms with Crippen molar-refractivity contribution in [1.29, 1.82) is 0 Å². The van der Waals surface area contributed by atoms with Gasteiger partial charge >= 0.3 is 0 Å². The smallest absolute Gasteiger partial charge is 0.215 e. The van der Waals surface area contributed by atoms with E-state index in [1.807, 2.05) is 20.8 Å². The van der Waals surface area contributed by atoms with Crippen molar-refractivity contribution in [2.45, 2.75) is 26.3 Å². The van der Waals surface area contributed by atoms with Gasteiger partial charge in [-0.1, -0.05) is 0 Å². The summed E-state index contributed by atoms with van der Waals surface area (Å²) >= 11 is 1.80. The second kappa shape index (κ2) is 7.51. The number of nitrogens with one attached hydrogen (secondary N) is 2. The lowest BCUT2D eigenvalue weighted by atomic mass is 10.1. The minimum Gasteiger partial charge on any atom is -0.355 e. The molecular formula is C12H26N4O2S2. The van der Waals surface area contributed by atoms with E-state index in [4.69, 9.17) is 0 Å². The number of aliphatic imine (C=N–C) groups is 1. The Labute approximate surface area is 126 Å². The van der Waals surface area contributed by atoms with E-state index in [0.29, 0.717) is 25.6 Å². The van der Waals surface area contributed by atoms with Gasteiger partial charge in [-0.05, 0) is 20.8 Å². The largest absolute Gasteiger partial charge is 0.355 e. The van der Waals surface area contributed by atoms with Crippen molar-refractivity contribution in [3.63, 3.8) is 0 Å². The molecule has 1 heterocycles. The van der Waals surface area contributed by atoms with Gasteiger partial charge in [0.05, 0.1) is 5.75 Å². The van der Waals surface area contributed by atoms with Gasteiger partial charge in [0.15, 0.2) is 5.96 Å². The Bertz CT molecular complexity index is 423. The summed E-state index contributed by atoms with van der Waals surface area (Å²) in [5, 5.41) is 6.25. The molecule has 2 N–H and O–H groups in total. The molecule has 0 atom stereocenters. The van der Waals surface area contributed by atoms with Crippen LogP contribution in [0.1, 0.15) is 20.8 Å².